The molecule has 4 nitrogen and oxygen atoms in total. The van der Waals surface area contributed by atoms with Gasteiger partial charge in [-0.25, -0.2) is 0 Å². The minimum absolute atomic E-state index is 0.0656. The monoisotopic (exact) mass is 313 g/mol. The van der Waals surface area contributed by atoms with Gasteiger partial charge in [0, 0.05) is 11.0 Å². The van der Waals surface area contributed by atoms with Gasteiger partial charge in [-0.3, -0.25) is 4.79 Å². The van der Waals surface area contributed by atoms with Crippen molar-refractivity contribution in [2.75, 3.05) is 20.3 Å². The molecule has 98 valence electrons. The molecule has 0 aliphatic carbocycles. The molecule has 1 rings (SSSR count). The Morgan fingerprint density at radius 2 is 1.94 bits per heavy atom. The maximum Gasteiger partial charge on any atom is 0.223 e. The van der Waals surface area contributed by atoms with E-state index >= 15 is 0 Å². The molecular weight excluding hydrogens is 298 g/mol. The number of ether oxygens (including phenoxy) is 2. The Labute approximate surface area is 115 Å². The van der Waals surface area contributed by atoms with Crippen molar-refractivity contribution in [2.45, 2.75) is 6.42 Å². The minimum Gasteiger partial charge on any atom is -0.497 e. The largest absolute Gasteiger partial charge is 0.497 e. The fourth-order valence-corrected chi connectivity index (χ4v) is 1.36. The third-order valence-electron chi connectivity index (χ3n) is 2.13. The molecule has 0 aromatic heterocycles. The molecule has 0 fully saturated rings. The summed E-state index contributed by atoms with van der Waals surface area (Å²) < 4.78 is 11.2. The molecule has 18 heavy (non-hydrogen) atoms. The zero-order valence-corrected chi connectivity index (χ0v) is 11.8. The van der Waals surface area contributed by atoms with Gasteiger partial charge >= 0.3 is 0 Å². The van der Waals surface area contributed by atoms with Crippen molar-refractivity contribution in [3.63, 3.8) is 0 Å². The average Bonchev–Trinajstić information content (AvgIpc) is 2.37. The van der Waals surface area contributed by atoms with Gasteiger partial charge in [-0.05, 0) is 24.3 Å². The third-order valence-corrected chi connectivity index (χ3v) is 2.42. The number of carbonyl (C=O) groups excluding carboxylic acids is 1. The van der Waals surface area contributed by atoms with Crippen LogP contribution < -0.4 is 14.8 Å². The van der Waals surface area contributed by atoms with Crippen molar-refractivity contribution in [3.05, 3.63) is 35.3 Å². The van der Waals surface area contributed by atoms with E-state index in [9.17, 15) is 4.79 Å². The summed E-state index contributed by atoms with van der Waals surface area (Å²) in [4.78, 5) is 11.4. The van der Waals surface area contributed by atoms with E-state index in [1.54, 1.807) is 19.2 Å². The third kappa shape index (κ3) is 5.72. The highest BCUT2D eigenvalue weighted by molar-refractivity contribution is 9.11. The van der Waals surface area contributed by atoms with E-state index < -0.39 is 0 Å². The number of halogens is 1. The molecule has 0 atom stereocenters. The van der Waals surface area contributed by atoms with Crippen LogP contribution in [0.5, 0.6) is 11.5 Å². The Bertz CT molecular complexity index is 403. The molecule has 0 saturated carbocycles. The number of nitrogens with one attached hydrogen (secondary N) is 1. The number of rotatable bonds is 7. The maximum atomic E-state index is 11.4. The van der Waals surface area contributed by atoms with Gasteiger partial charge in [-0.15, -0.1) is 0 Å². The molecular formula is C13H16BrNO3. The zero-order valence-electron chi connectivity index (χ0n) is 10.2. The predicted octanol–water partition coefficient (Wildman–Crippen LogP) is 2.49. The average molecular weight is 314 g/mol. The van der Waals surface area contributed by atoms with Crippen molar-refractivity contribution in [1.82, 2.24) is 5.32 Å². The molecule has 1 aromatic carbocycles. The molecule has 0 aliphatic rings. The smallest absolute Gasteiger partial charge is 0.223 e. The molecule has 0 radical (unpaired) electrons. The van der Waals surface area contributed by atoms with E-state index in [0.29, 0.717) is 25.3 Å². The SMILES string of the molecule is C=C(Br)CNC(=O)CCOc1ccc(OC)cc1. The van der Waals surface area contributed by atoms with Crippen molar-refractivity contribution >= 4 is 21.8 Å². The zero-order chi connectivity index (χ0) is 13.4. The van der Waals surface area contributed by atoms with Crippen LogP contribution in [0.25, 0.3) is 0 Å². The number of hydrogen-bond donors (Lipinski definition) is 1. The van der Waals surface area contributed by atoms with E-state index in [-0.39, 0.29) is 5.91 Å². The van der Waals surface area contributed by atoms with Crippen LogP contribution in [0.3, 0.4) is 0 Å². The van der Waals surface area contributed by atoms with Crippen LogP contribution in [-0.2, 0) is 4.79 Å². The molecule has 0 bridgehead atoms. The topological polar surface area (TPSA) is 47.6 Å². The van der Waals surface area contributed by atoms with E-state index in [2.05, 4.69) is 27.8 Å². The van der Waals surface area contributed by atoms with Crippen LogP contribution >= 0.6 is 15.9 Å². The fraction of sp³-hybridized carbons (Fsp3) is 0.308. The second kappa shape index (κ2) is 7.76. The summed E-state index contributed by atoms with van der Waals surface area (Å²) in [5.74, 6) is 1.42. The first-order chi connectivity index (χ1) is 8.61. The molecule has 5 heteroatoms. The summed E-state index contributed by atoms with van der Waals surface area (Å²) in [5.41, 5.74) is 0. The number of carbonyl (C=O) groups is 1. The summed E-state index contributed by atoms with van der Waals surface area (Å²) in [6.45, 7) is 4.40. The van der Waals surface area contributed by atoms with Crippen LogP contribution in [0.4, 0.5) is 0 Å². The van der Waals surface area contributed by atoms with Crippen molar-refractivity contribution in [1.29, 1.82) is 0 Å². The molecule has 1 aromatic rings. The first-order valence-corrected chi connectivity index (χ1v) is 6.28. The lowest BCUT2D eigenvalue weighted by Gasteiger charge is -2.07. The summed E-state index contributed by atoms with van der Waals surface area (Å²) in [6, 6.07) is 7.22. The highest BCUT2D eigenvalue weighted by atomic mass is 79.9. The quantitative estimate of drug-likeness (QED) is 0.841. The normalized spacial score (nSPS) is 9.67. The lowest BCUT2D eigenvalue weighted by Crippen LogP contribution is -2.25. The number of hydrogen-bond acceptors (Lipinski definition) is 3. The summed E-state index contributed by atoms with van der Waals surface area (Å²) in [6.07, 6.45) is 0.312. The van der Waals surface area contributed by atoms with Crippen LogP contribution in [0, 0.1) is 0 Å². The van der Waals surface area contributed by atoms with Gasteiger partial charge in [0.25, 0.3) is 0 Å². The number of amides is 1. The maximum absolute atomic E-state index is 11.4. The van der Waals surface area contributed by atoms with Gasteiger partial charge in [-0.2, -0.15) is 0 Å². The van der Waals surface area contributed by atoms with Crippen molar-refractivity contribution < 1.29 is 14.3 Å². The van der Waals surface area contributed by atoms with Gasteiger partial charge in [0.05, 0.1) is 20.1 Å². The molecule has 0 aliphatic heterocycles. The summed E-state index contributed by atoms with van der Waals surface area (Å²) in [7, 11) is 1.61. The first-order valence-electron chi connectivity index (χ1n) is 5.48. The van der Waals surface area contributed by atoms with Crippen molar-refractivity contribution in [3.8, 4) is 11.5 Å². The molecule has 1 N–H and O–H groups in total. The second-order valence-electron chi connectivity index (χ2n) is 3.57. The van der Waals surface area contributed by atoms with Gasteiger partial charge < -0.3 is 14.8 Å². The van der Waals surface area contributed by atoms with E-state index in [0.717, 1.165) is 10.2 Å². The predicted molar refractivity (Wildman–Crippen MR) is 74.2 cm³/mol. The highest BCUT2D eigenvalue weighted by Crippen LogP contribution is 2.16. The summed E-state index contributed by atoms with van der Waals surface area (Å²) in [5, 5.41) is 2.70. The molecule has 0 heterocycles. The van der Waals surface area contributed by atoms with Gasteiger partial charge in [0.2, 0.25) is 5.91 Å². The van der Waals surface area contributed by atoms with Gasteiger partial charge in [-0.1, -0.05) is 22.5 Å². The van der Waals surface area contributed by atoms with Crippen LogP contribution in [0.15, 0.2) is 35.3 Å². The van der Waals surface area contributed by atoms with E-state index in [1.807, 2.05) is 12.1 Å². The molecule has 0 saturated heterocycles. The Hall–Kier alpha value is -1.49. The molecule has 0 spiro atoms. The standard InChI is InChI=1S/C13H16BrNO3/c1-10(14)9-15-13(16)7-8-18-12-5-3-11(17-2)4-6-12/h3-6H,1,7-9H2,2H3,(H,15,16). The van der Waals surface area contributed by atoms with Crippen LogP contribution in [-0.4, -0.2) is 26.2 Å². The highest BCUT2D eigenvalue weighted by Gasteiger charge is 2.02. The van der Waals surface area contributed by atoms with Gasteiger partial charge in [0.1, 0.15) is 11.5 Å². The molecule has 0 unspecified atom stereocenters. The summed E-state index contributed by atoms with van der Waals surface area (Å²) >= 11 is 3.17. The number of benzene rings is 1. The Balaban J connectivity index is 2.24. The van der Waals surface area contributed by atoms with Crippen LogP contribution in [0.1, 0.15) is 6.42 Å². The number of methoxy groups -OCH3 is 1. The lowest BCUT2D eigenvalue weighted by molar-refractivity contribution is -0.121. The Morgan fingerprint density at radius 1 is 1.33 bits per heavy atom. The fourth-order valence-electron chi connectivity index (χ4n) is 1.22. The first kappa shape index (κ1) is 14.6. The minimum atomic E-state index is -0.0656. The van der Waals surface area contributed by atoms with E-state index in [1.165, 1.54) is 0 Å². The lowest BCUT2D eigenvalue weighted by atomic mass is 10.3. The Kier molecular flexibility index (Phi) is 6.28. The van der Waals surface area contributed by atoms with Gasteiger partial charge in [0.15, 0.2) is 0 Å². The van der Waals surface area contributed by atoms with E-state index in [4.69, 9.17) is 9.47 Å². The second-order valence-corrected chi connectivity index (χ2v) is 4.69. The molecule has 1 amide bonds. The van der Waals surface area contributed by atoms with Crippen LogP contribution in [0.2, 0.25) is 0 Å². The Morgan fingerprint density at radius 3 is 2.50 bits per heavy atom. The van der Waals surface area contributed by atoms with Crippen molar-refractivity contribution in [2.24, 2.45) is 0 Å².